The first-order valence-electron chi connectivity index (χ1n) is 6.39. The van der Waals surface area contributed by atoms with E-state index in [0.717, 1.165) is 12.3 Å². The van der Waals surface area contributed by atoms with Gasteiger partial charge in [-0.15, -0.1) is 0 Å². The molecule has 0 amide bonds. The zero-order valence-electron chi connectivity index (χ0n) is 9.63. The van der Waals surface area contributed by atoms with Gasteiger partial charge in [0.2, 0.25) is 0 Å². The Kier molecular flexibility index (Phi) is 2.88. The van der Waals surface area contributed by atoms with Gasteiger partial charge in [0.05, 0.1) is 5.60 Å². The Hall–Kier alpha value is -0.0400. The summed E-state index contributed by atoms with van der Waals surface area (Å²) < 4.78 is 0. The maximum Gasteiger partial charge on any atom is 0.0701 e. The van der Waals surface area contributed by atoms with E-state index in [2.05, 4.69) is 13.8 Å². The highest BCUT2D eigenvalue weighted by Crippen LogP contribution is 2.49. The van der Waals surface area contributed by atoms with Gasteiger partial charge in [0.15, 0.2) is 0 Å². The molecule has 1 heteroatoms. The number of aliphatic hydroxyl groups is 1. The van der Waals surface area contributed by atoms with E-state index >= 15 is 0 Å². The van der Waals surface area contributed by atoms with Crippen LogP contribution in [0.3, 0.4) is 0 Å². The minimum absolute atomic E-state index is 0.265. The fraction of sp³-hybridized carbons (Fsp3) is 1.00. The average Bonchev–Trinajstić information content (AvgIpc) is 2.26. The molecular formula is C13H24O. The van der Waals surface area contributed by atoms with Gasteiger partial charge in [0.25, 0.3) is 0 Å². The third-order valence-corrected chi connectivity index (χ3v) is 4.96. The monoisotopic (exact) mass is 196 g/mol. The zero-order chi connectivity index (χ0) is 10.2. The molecule has 2 unspecified atom stereocenters. The molecule has 2 fully saturated rings. The summed E-state index contributed by atoms with van der Waals surface area (Å²) in [7, 11) is 0. The van der Waals surface area contributed by atoms with E-state index in [0.29, 0.717) is 11.8 Å². The maximum absolute atomic E-state index is 10.5. The standard InChI is InChI=1S/C13H24O/c1-3-11-4-6-12(7-5-11)13(14)9-8-10(13)2/h10-12,14H,3-9H2,1-2H3. The predicted molar refractivity (Wildman–Crippen MR) is 59.1 cm³/mol. The summed E-state index contributed by atoms with van der Waals surface area (Å²) in [6, 6.07) is 0. The van der Waals surface area contributed by atoms with E-state index in [1.165, 1.54) is 38.5 Å². The average molecular weight is 196 g/mol. The van der Waals surface area contributed by atoms with Crippen LogP contribution in [0.2, 0.25) is 0 Å². The second kappa shape index (κ2) is 3.84. The molecule has 0 aromatic carbocycles. The number of hydrogen-bond donors (Lipinski definition) is 1. The molecule has 0 aromatic rings. The van der Waals surface area contributed by atoms with Crippen LogP contribution < -0.4 is 0 Å². The predicted octanol–water partition coefficient (Wildman–Crippen LogP) is 3.36. The quantitative estimate of drug-likeness (QED) is 0.718. The van der Waals surface area contributed by atoms with Crippen molar-refractivity contribution in [3.8, 4) is 0 Å². The van der Waals surface area contributed by atoms with Gasteiger partial charge in [-0.05, 0) is 43.4 Å². The first kappa shape index (κ1) is 10.5. The first-order chi connectivity index (χ1) is 6.66. The SMILES string of the molecule is CCC1CCC(C2(O)CCC2C)CC1. The summed E-state index contributed by atoms with van der Waals surface area (Å²) in [6.07, 6.45) is 8.91. The third kappa shape index (κ3) is 1.60. The summed E-state index contributed by atoms with van der Waals surface area (Å²) in [5.41, 5.74) is -0.265. The number of rotatable bonds is 2. The maximum atomic E-state index is 10.5. The molecule has 0 aliphatic heterocycles. The van der Waals surface area contributed by atoms with Crippen molar-refractivity contribution in [3.63, 3.8) is 0 Å². The first-order valence-corrected chi connectivity index (χ1v) is 6.39. The van der Waals surface area contributed by atoms with Gasteiger partial charge >= 0.3 is 0 Å². The Morgan fingerprint density at radius 3 is 2.14 bits per heavy atom. The highest BCUT2D eigenvalue weighted by molar-refractivity contribution is 4.99. The molecule has 1 N–H and O–H groups in total. The Morgan fingerprint density at radius 2 is 1.79 bits per heavy atom. The zero-order valence-corrected chi connectivity index (χ0v) is 9.63. The number of hydrogen-bond acceptors (Lipinski definition) is 1. The molecule has 1 nitrogen and oxygen atoms in total. The van der Waals surface area contributed by atoms with Gasteiger partial charge in [-0.25, -0.2) is 0 Å². The van der Waals surface area contributed by atoms with E-state index in [-0.39, 0.29) is 5.60 Å². The molecule has 2 aliphatic carbocycles. The van der Waals surface area contributed by atoms with Crippen LogP contribution in [0.25, 0.3) is 0 Å². The summed E-state index contributed by atoms with van der Waals surface area (Å²) >= 11 is 0. The van der Waals surface area contributed by atoms with Crippen molar-refractivity contribution >= 4 is 0 Å². The van der Waals surface area contributed by atoms with E-state index in [1.54, 1.807) is 0 Å². The Labute approximate surface area is 87.9 Å². The highest BCUT2D eigenvalue weighted by atomic mass is 16.3. The van der Waals surface area contributed by atoms with Crippen LogP contribution in [-0.2, 0) is 0 Å². The van der Waals surface area contributed by atoms with E-state index in [9.17, 15) is 5.11 Å². The van der Waals surface area contributed by atoms with E-state index in [1.807, 2.05) is 0 Å². The Morgan fingerprint density at radius 1 is 1.14 bits per heavy atom. The second-order valence-electron chi connectivity index (χ2n) is 5.56. The Bertz CT molecular complexity index is 193. The van der Waals surface area contributed by atoms with Crippen LogP contribution in [0.5, 0.6) is 0 Å². The minimum atomic E-state index is -0.265. The molecule has 14 heavy (non-hydrogen) atoms. The smallest absolute Gasteiger partial charge is 0.0701 e. The van der Waals surface area contributed by atoms with Crippen LogP contribution in [0, 0.1) is 17.8 Å². The van der Waals surface area contributed by atoms with Crippen molar-refractivity contribution in [2.45, 2.75) is 64.4 Å². The van der Waals surface area contributed by atoms with Crippen LogP contribution in [0.1, 0.15) is 58.8 Å². The molecule has 82 valence electrons. The molecule has 2 atom stereocenters. The van der Waals surface area contributed by atoms with Gasteiger partial charge in [-0.1, -0.05) is 33.1 Å². The van der Waals surface area contributed by atoms with Crippen molar-refractivity contribution in [1.29, 1.82) is 0 Å². The summed E-state index contributed by atoms with van der Waals surface area (Å²) in [4.78, 5) is 0. The molecule has 0 radical (unpaired) electrons. The van der Waals surface area contributed by atoms with Crippen LogP contribution >= 0.6 is 0 Å². The van der Waals surface area contributed by atoms with Crippen molar-refractivity contribution in [1.82, 2.24) is 0 Å². The molecular weight excluding hydrogens is 172 g/mol. The molecule has 0 saturated heterocycles. The van der Waals surface area contributed by atoms with Crippen molar-refractivity contribution in [2.75, 3.05) is 0 Å². The van der Waals surface area contributed by atoms with Crippen molar-refractivity contribution in [3.05, 3.63) is 0 Å². The molecule has 2 rings (SSSR count). The largest absolute Gasteiger partial charge is 0.389 e. The molecule has 0 spiro atoms. The van der Waals surface area contributed by atoms with Gasteiger partial charge in [0.1, 0.15) is 0 Å². The van der Waals surface area contributed by atoms with E-state index < -0.39 is 0 Å². The lowest BCUT2D eigenvalue weighted by molar-refractivity contribution is -0.141. The van der Waals surface area contributed by atoms with Crippen molar-refractivity contribution < 1.29 is 5.11 Å². The van der Waals surface area contributed by atoms with Crippen LogP contribution in [-0.4, -0.2) is 10.7 Å². The summed E-state index contributed by atoms with van der Waals surface area (Å²) in [5, 5.41) is 10.5. The van der Waals surface area contributed by atoms with Gasteiger partial charge in [0, 0.05) is 0 Å². The summed E-state index contributed by atoms with van der Waals surface area (Å²) in [5.74, 6) is 2.13. The lowest BCUT2D eigenvalue weighted by atomic mass is 9.59. The van der Waals surface area contributed by atoms with E-state index in [4.69, 9.17) is 0 Å². The van der Waals surface area contributed by atoms with Crippen molar-refractivity contribution in [2.24, 2.45) is 17.8 Å². The minimum Gasteiger partial charge on any atom is -0.389 e. The fourth-order valence-electron chi connectivity index (χ4n) is 3.41. The summed E-state index contributed by atoms with van der Waals surface area (Å²) in [6.45, 7) is 4.51. The van der Waals surface area contributed by atoms with Gasteiger partial charge in [-0.2, -0.15) is 0 Å². The topological polar surface area (TPSA) is 20.2 Å². The Balaban J connectivity index is 1.89. The molecule has 0 heterocycles. The normalized spacial score (nSPS) is 48.6. The second-order valence-corrected chi connectivity index (χ2v) is 5.56. The highest BCUT2D eigenvalue weighted by Gasteiger charge is 2.48. The fourth-order valence-corrected chi connectivity index (χ4v) is 3.41. The van der Waals surface area contributed by atoms with Gasteiger partial charge < -0.3 is 5.11 Å². The molecule has 2 saturated carbocycles. The lowest BCUT2D eigenvalue weighted by Gasteiger charge is -2.51. The van der Waals surface area contributed by atoms with Crippen LogP contribution in [0.4, 0.5) is 0 Å². The molecule has 2 aliphatic rings. The lowest BCUT2D eigenvalue weighted by Crippen LogP contribution is -2.52. The molecule has 0 bridgehead atoms. The van der Waals surface area contributed by atoms with Gasteiger partial charge in [-0.3, -0.25) is 0 Å². The third-order valence-electron chi connectivity index (χ3n) is 4.96. The van der Waals surface area contributed by atoms with Crippen LogP contribution in [0.15, 0.2) is 0 Å². The molecule has 0 aromatic heterocycles.